The van der Waals surface area contributed by atoms with Crippen molar-refractivity contribution in [1.29, 1.82) is 0 Å². The van der Waals surface area contributed by atoms with Gasteiger partial charge in [0, 0.05) is 29.7 Å². The molecule has 4 rings (SSSR count). The average Bonchev–Trinajstić information content (AvgIpc) is 3.45. The van der Waals surface area contributed by atoms with Crippen molar-refractivity contribution in [1.82, 2.24) is 4.90 Å². The second-order valence-electron chi connectivity index (χ2n) is 10.8. The van der Waals surface area contributed by atoms with E-state index in [4.69, 9.17) is 4.74 Å². The summed E-state index contributed by atoms with van der Waals surface area (Å²) in [5.74, 6) is -2.07. The molecule has 0 radical (unpaired) electrons. The van der Waals surface area contributed by atoms with E-state index in [9.17, 15) is 19.5 Å². The Kier molecular flexibility index (Phi) is 8.14. The number of fused-ring (bicyclic) bond motifs is 1. The van der Waals surface area contributed by atoms with Crippen molar-refractivity contribution >= 4 is 40.9 Å². The smallest absolute Gasteiger partial charge is 0.310 e. The van der Waals surface area contributed by atoms with Gasteiger partial charge in [-0.3, -0.25) is 14.4 Å². The summed E-state index contributed by atoms with van der Waals surface area (Å²) >= 11 is 1.61. The molecule has 3 heterocycles. The summed E-state index contributed by atoms with van der Waals surface area (Å²) in [7, 11) is 0. The number of nitrogens with one attached hydrogen (secondary N) is 1. The quantitative estimate of drug-likeness (QED) is 0.447. The lowest BCUT2D eigenvalue weighted by atomic mass is 9.66. The molecule has 9 heteroatoms. The maximum absolute atomic E-state index is 14.1. The highest BCUT2D eigenvalue weighted by atomic mass is 32.2. The van der Waals surface area contributed by atoms with Gasteiger partial charge >= 0.3 is 5.97 Å². The van der Waals surface area contributed by atoms with Crippen molar-refractivity contribution in [2.45, 2.75) is 70.0 Å². The minimum atomic E-state index is -0.795. The van der Waals surface area contributed by atoms with Gasteiger partial charge in [0.05, 0.1) is 35.8 Å². The predicted octanol–water partition coefficient (Wildman–Crippen LogP) is 3.39. The molecule has 3 aliphatic heterocycles. The number of hydrogen-bond donors (Lipinski definition) is 2. The highest BCUT2D eigenvalue weighted by Gasteiger charge is 2.77. The Morgan fingerprint density at radius 3 is 2.41 bits per heavy atom. The van der Waals surface area contributed by atoms with Crippen molar-refractivity contribution in [2.24, 2.45) is 23.7 Å². The Labute approximate surface area is 224 Å². The molecule has 2 amide bonds. The number of nitrogens with zero attached hydrogens (tertiary/aromatic N) is 2. The lowest BCUT2D eigenvalue weighted by molar-refractivity contribution is -0.154. The van der Waals surface area contributed by atoms with Crippen molar-refractivity contribution in [3.05, 3.63) is 24.3 Å². The third kappa shape index (κ3) is 4.42. The Morgan fingerprint density at radius 2 is 1.86 bits per heavy atom. The van der Waals surface area contributed by atoms with Gasteiger partial charge in [0.2, 0.25) is 11.8 Å². The van der Waals surface area contributed by atoms with E-state index in [0.29, 0.717) is 5.69 Å². The van der Waals surface area contributed by atoms with E-state index in [2.05, 4.69) is 31.0 Å². The van der Waals surface area contributed by atoms with Gasteiger partial charge < -0.3 is 25.0 Å². The number of thioether (sulfide) groups is 1. The number of amides is 2. The summed E-state index contributed by atoms with van der Waals surface area (Å²) in [5, 5.41) is 13.3. The molecule has 0 aliphatic carbocycles. The monoisotopic (exact) mass is 531 g/mol. The van der Waals surface area contributed by atoms with E-state index in [1.54, 1.807) is 23.6 Å². The second-order valence-corrected chi connectivity index (χ2v) is 12.3. The van der Waals surface area contributed by atoms with Gasteiger partial charge in [-0.15, -0.1) is 11.8 Å². The van der Waals surface area contributed by atoms with Gasteiger partial charge in [0.15, 0.2) is 0 Å². The van der Waals surface area contributed by atoms with Crippen LogP contribution in [0, 0.1) is 23.7 Å². The molecule has 3 saturated heterocycles. The number of aliphatic hydroxyl groups excluding tert-OH is 1. The van der Waals surface area contributed by atoms with Crippen LogP contribution >= 0.6 is 11.8 Å². The number of benzene rings is 1. The normalized spacial score (nSPS) is 31.0. The minimum absolute atomic E-state index is 0.0550. The topological polar surface area (TPSA) is 99.2 Å². The van der Waals surface area contributed by atoms with Crippen LogP contribution in [0.25, 0.3) is 0 Å². The third-order valence-electron chi connectivity index (χ3n) is 8.57. The maximum Gasteiger partial charge on any atom is 0.310 e. The van der Waals surface area contributed by atoms with E-state index >= 15 is 0 Å². The molecule has 1 aromatic carbocycles. The van der Waals surface area contributed by atoms with E-state index in [1.807, 2.05) is 38.1 Å². The zero-order valence-electron chi connectivity index (χ0n) is 22.8. The first-order chi connectivity index (χ1) is 17.7. The van der Waals surface area contributed by atoms with Crippen LogP contribution in [0.15, 0.2) is 24.3 Å². The molecule has 3 fully saturated rings. The van der Waals surface area contributed by atoms with Crippen LogP contribution in [-0.4, -0.2) is 76.2 Å². The summed E-state index contributed by atoms with van der Waals surface area (Å²) in [6.07, 6.45) is 0.750. The largest absolute Gasteiger partial charge is 0.466 e. The maximum atomic E-state index is 14.1. The van der Waals surface area contributed by atoms with Crippen molar-refractivity contribution in [2.75, 3.05) is 36.5 Å². The number of carbonyl (C=O) groups is 3. The van der Waals surface area contributed by atoms with Crippen LogP contribution in [0.1, 0.15) is 48.0 Å². The summed E-state index contributed by atoms with van der Waals surface area (Å²) < 4.78 is 4.66. The number of anilines is 2. The van der Waals surface area contributed by atoms with Crippen molar-refractivity contribution < 1.29 is 24.2 Å². The van der Waals surface area contributed by atoms with Crippen LogP contribution in [0.5, 0.6) is 0 Å². The molecule has 3 aliphatic rings. The van der Waals surface area contributed by atoms with E-state index in [1.165, 1.54) is 0 Å². The van der Waals surface area contributed by atoms with Crippen molar-refractivity contribution in [3.63, 3.8) is 0 Å². The fraction of sp³-hybridized carbons (Fsp3) is 0.679. The van der Waals surface area contributed by atoms with Crippen LogP contribution in [0.2, 0.25) is 0 Å². The molecule has 1 spiro atoms. The molecule has 3 unspecified atom stereocenters. The first-order valence-electron chi connectivity index (χ1n) is 13.6. The molecule has 2 N–H and O–H groups in total. The van der Waals surface area contributed by atoms with Gasteiger partial charge in [0.1, 0.15) is 6.04 Å². The zero-order chi connectivity index (χ0) is 27.1. The average molecular weight is 532 g/mol. The predicted molar refractivity (Wildman–Crippen MR) is 146 cm³/mol. The third-order valence-corrected chi connectivity index (χ3v) is 10.6. The molecule has 204 valence electrons. The Balaban J connectivity index is 1.72. The minimum Gasteiger partial charge on any atom is -0.466 e. The molecular formula is C28H41N3O5S. The van der Waals surface area contributed by atoms with E-state index in [0.717, 1.165) is 25.2 Å². The van der Waals surface area contributed by atoms with E-state index < -0.39 is 28.7 Å². The summed E-state index contributed by atoms with van der Waals surface area (Å²) in [6, 6.07) is 6.43. The summed E-state index contributed by atoms with van der Waals surface area (Å²) in [5.41, 5.74) is 1.74. The standard InChI is InChI=1S/C28H41N3O5S/c1-7-30(8-2)19-12-10-18(11-13-19)29-25(33)24-28-17(6)14-21(37-28)22(27(35)36-9-3)23(28)26(34)31(24)20(15-32)16(4)5/h10-13,16-17,20-24,32H,7-9,14-15H2,1-6H3,(H,29,33)/t17?,20-,21+,22-,23-,24?,28?/m0/s1. The number of hydrogen-bond acceptors (Lipinski definition) is 7. The SMILES string of the molecule is CCOC(=O)[C@@H]1[C@H]2C(=O)N([C@@H](CO)C(C)C)C(C(=O)Nc3ccc(N(CC)CC)cc3)C23S[C@@H]1CC3C. The van der Waals surface area contributed by atoms with Gasteiger partial charge in [-0.25, -0.2) is 0 Å². The molecule has 2 bridgehead atoms. The molecule has 1 aromatic rings. The van der Waals surface area contributed by atoms with Crippen LogP contribution in [0.3, 0.4) is 0 Å². The highest BCUT2D eigenvalue weighted by molar-refractivity contribution is 8.02. The molecule has 7 atom stereocenters. The highest BCUT2D eigenvalue weighted by Crippen LogP contribution is 2.69. The number of esters is 1. The van der Waals surface area contributed by atoms with Gasteiger partial charge in [0.25, 0.3) is 0 Å². The fourth-order valence-corrected chi connectivity index (χ4v) is 9.19. The first kappa shape index (κ1) is 27.8. The Hall–Kier alpha value is -2.26. The Bertz CT molecular complexity index is 1010. The van der Waals surface area contributed by atoms with Crippen molar-refractivity contribution in [3.8, 4) is 0 Å². The van der Waals surface area contributed by atoms with Crippen LogP contribution < -0.4 is 10.2 Å². The van der Waals surface area contributed by atoms with Gasteiger partial charge in [-0.05, 0) is 63.3 Å². The number of ether oxygens (including phenoxy) is 1. The van der Waals surface area contributed by atoms with Gasteiger partial charge in [-0.2, -0.15) is 0 Å². The number of aliphatic hydroxyl groups is 1. The molecule has 8 nitrogen and oxygen atoms in total. The van der Waals surface area contributed by atoms with E-state index in [-0.39, 0.29) is 48.1 Å². The summed E-state index contributed by atoms with van der Waals surface area (Å²) in [6.45, 7) is 13.7. The number of rotatable bonds is 10. The van der Waals surface area contributed by atoms with Gasteiger partial charge in [-0.1, -0.05) is 20.8 Å². The van der Waals surface area contributed by atoms with Crippen LogP contribution in [-0.2, 0) is 19.1 Å². The number of carbonyl (C=O) groups excluding carboxylic acids is 3. The summed E-state index contributed by atoms with van der Waals surface area (Å²) in [4.78, 5) is 45.1. The lowest BCUT2D eigenvalue weighted by Gasteiger charge is -2.40. The van der Waals surface area contributed by atoms with Crippen LogP contribution in [0.4, 0.5) is 11.4 Å². The molecule has 0 aromatic heterocycles. The Morgan fingerprint density at radius 1 is 1.22 bits per heavy atom. The fourth-order valence-electron chi connectivity index (χ4n) is 6.80. The zero-order valence-corrected chi connectivity index (χ0v) is 23.6. The molecular weight excluding hydrogens is 490 g/mol. The molecule has 37 heavy (non-hydrogen) atoms. The number of likely N-dealkylation sites (tertiary alicyclic amines) is 1. The second kappa shape index (κ2) is 10.8. The molecule has 0 saturated carbocycles. The lowest BCUT2D eigenvalue weighted by Crippen LogP contribution is -2.57. The first-order valence-corrected chi connectivity index (χ1v) is 14.5.